The molecule has 1 aromatic carbocycles. The first-order valence-corrected chi connectivity index (χ1v) is 8.54. The van der Waals surface area contributed by atoms with Gasteiger partial charge in [0, 0.05) is 29.1 Å². The molecular weight excluding hydrogens is 336 g/mol. The molecule has 1 amide bonds. The Kier molecular flexibility index (Phi) is 4.63. The minimum absolute atomic E-state index is 0.134. The Morgan fingerprint density at radius 3 is 2.48 bits per heavy atom. The number of amides is 1. The highest BCUT2D eigenvalue weighted by atomic mass is 35.5. The molecule has 1 saturated heterocycles. The van der Waals surface area contributed by atoms with Gasteiger partial charge in [0.2, 0.25) is 0 Å². The lowest BCUT2D eigenvalue weighted by molar-refractivity contribution is -0.143. The highest BCUT2D eigenvalue weighted by Crippen LogP contribution is 2.26. The first-order chi connectivity index (χ1) is 11.0. The summed E-state index contributed by atoms with van der Waals surface area (Å²) in [5, 5.41) is 12.2. The molecule has 1 aromatic heterocycles. The molecule has 0 spiro atoms. The van der Waals surface area contributed by atoms with Crippen LogP contribution in [-0.2, 0) is 4.79 Å². The standard InChI is InChI=1S/C16H15ClN2O3S/c17-12-3-1-10(2-4-12)14-18-13(9-23-14)15(20)19-7-5-11(6-8-19)16(21)22/h1-4,9,11H,5-8H2,(H,21,22). The number of piperidine rings is 1. The van der Waals surface area contributed by atoms with Gasteiger partial charge in [-0.2, -0.15) is 0 Å². The van der Waals surface area contributed by atoms with Crippen molar-refractivity contribution in [1.82, 2.24) is 9.88 Å². The molecule has 3 rings (SSSR count). The number of carboxylic acid groups (broad SMARTS) is 1. The van der Waals surface area contributed by atoms with E-state index in [0.29, 0.717) is 36.6 Å². The Balaban J connectivity index is 1.69. The van der Waals surface area contributed by atoms with Crippen LogP contribution in [0, 0.1) is 5.92 Å². The number of likely N-dealkylation sites (tertiary alicyclic amines) is 1. The lowest BCUT2D eigenvalue weighted by Crippen LogP contribution is -2.40. The summed E-state index contributed by atoms with van der Waals surface area (Å²) in [6.07, 6.45) is 0.991. The second-order valence-electron chi connectivity index (χ2n) is 5.45. The van der Waals surface area contributed by atoms with Crippen molar-refractivity contribution < 1.29 is 14.7 Å². The van der Waals surface area contributed by atoms with E-state index in [1.807, 2.05) is 12.1 Å². The zero-order valence-electron chi connectivity index (χ0n) is 12.2. The predicted octanol–water partition coefficient (Wildman–Crippen LogP) is 3.40. The maximum absolute atomic E-state index is 12.5. The zero-order chi connectivity index (χ0) is 16.4. The molecule has 23 heavy (non-hydrogen) atoms. The third-order valence-electron chi connectivity index (χ3n) is 3.95. The molecule has 7 heteroatoms. The van der Waals surface area contributed by atoms with Crippen LogP contribution in [0.25, 0.3) is 10.6 Å². The molecule has 2 aromatic rings. The van der Waals surface area contributed by atoms with Gasteiger partial charge in [0.25, 0.3) is 5.91 Å². The topological polar surface area (TPSA) is 70.5 Å². The fourth-order valence-corrected chi connectivity index (χ4v) is 3.51. The van der Waals surface area contributed by atoms with Crippen molar-refractivity contribution >= 4 is 34.8 Å². The summed E-state index contributed by atoms with van der Waals surface area (Å²) in [6, 6.07) is 7.31. The average Bonchev–Trinajstić information content (AvgIpc) is 3.05. The van der Waals surface area contributed by atoms with Gasteiger partial charge in [0.1, 0.15) is 10.7 Å². The normalized spacial score (nSPS) is 15.6. The highest BCUT2D eigenvalue weighted by molar-refractivity contribution is 7.13. The SMILES string of the molecule is O=C(O)C1CCN(C(=O)c2csc(-c3ccc(Cl)cc3)n2)CC1. The molecule has 1 aliphatic heterocycles. The predicted molar refractivity (Wildman–Crippen MR) is 88.8 cm³/mol. The second-order valence-corrected chi connectivity index (χ2v) is 6.74. The molecule has 0 atom stereocenters. The molecule has 5 nitrogen and oxygen atoms in total. The number of aromatic nitrogens is 1. The van der Waals surface area contributed by atoms with Crippen LogP contribution in [-0.4, -0.2) is 40.0 Å². The number of aliphatic carboxylic acids is 1. The quantitative estimate of drug-likeness (QED) is 0.921. The molecule has 0 saturated carbocycles. The molecule has 0 radical (unpaired) electrons. The number of rotatable bonds is 3. The Labute approximate surface area is 142 Å². The number of carboxylic acids is 1. The summed E-state index contributed by atoms with van der Waals surface area (Å²) < 4.78 is 0. The summed E-state index contributed by atoms with van der Waals surface area (Å²) >= 11 is 7.28. The molecule has 1 fully saturated rings. The number of hydrogen-bond donors (Lipinski definition) is 1. The third-order valence-corrected chi connectivity index (χ3v) is 5.09. The lowest BCUT2D eigenvalue weighted by Gasteiger charge is -2.29. The second kappa shape index (κ2) is 6.68. The third kappa shape index (κ3) is 3.54. The Bertz CT molecular complexity index is 721. The number of halogens is 1. The fourth-order valence-electron chi connectivity index (χ4n) is 2.59. The number of nitrogens with zero attached hydrogens (tertiary/aromatic N) is 2. The van der Waals surface area contributed by atoms with Gasteiger partial charge in [-0.05, 0) is 25.0 Å². The van der Waals surface area contributed by atoms with Gasteiger partial charge >= 0.3 is 5.97 Å². The molecule has 1 N–H and O–H groups in total. The van der Waals surface area contributed by atoms with Crippen LogP contribution in [0.3, 0.4) is 0 Å². The Morgan fingerprint density at radius 1 is 1.22 bits per heavy atom. The van der Waals surface area contributed by atoms with Crippen molar-refractivity contribution in [2.45, 2.75) is 12.8 Å². The van der Waals surface area contributed by atoms with E-state index in [9.17, 15) is 9.59 Å². The molecule has 2 heterocycles. The largest absolute Gasteiger partial charge is 0.481 e. The van der Waals surface area contributed by atoms with E-state index in [1.165, 1.54) is 11.3 Å². The van der Waals surface area contributed by atoms with E-state index >= 15 is 0 Å². The summed E-state index contributed by atoms with van der Waals surface area (Å²) in [5.74, 6) is -1.26. The van der Waals surface area contributed by atoms with Crippen LogP contribution < -0.4 is 0 Å². The monoisotopic (exact) mass is 350 g/mol. The van der Waals surface area contributed by atoms with Gasteiger partial charge in [-0.15, -0.1) is 11.3 Å². The van der Waals surface area contributed by atoms with Crippen LogP contribution >= 0.6 is 22.9 Å². The van der Waals surface area contributed by atoms with E-state index in [2.05, 4.69) is 4.98 Å². The van der Waals surface area contributed by atoms with E-state index in [-0.39, 0.29) is 11.8 Å². The van der Waals surface area contributed by atoms with Gasteiger partial charge in [-0.1, -0.05) is 23.7 Å². The van der Waals surface area contributed by atoms with Gasteiger partial charge in [0.15, 0.2) is 0 Å². The lowest BCUT2D eigenvalue weighted by atomic mass is 9.97. The maximum atomic E-state index is 12.5. The van der Waals surface area contributed by atoms with Crippen molar-refractivity contribution in [2.75, 3.05) is 13.1 Å². The van der Waals surface area contributed by atoms with Crippen LogP contribution in [0.1, 0.15) is 23.3 Å². The number of carbonyl (C=O) groups is 2. The average molecular weight is 351 g/mol. The van der Waals surface area contributed by atoms with Crippen LogP contribution in [0.5, 0.6) is 0 Å². The van der Waals surface area contributed by atoms with Gasteiger partial charge in [-0.25, -0.2) is 4.98 Å². The van der Waals surface area contributed by atoms with Gasteiger partial charge < -0.3 is 10.0 Å². The van der Waals surface area contributed by atoms with E-state index < -0.39 is 5.97 Å². The Morgan fingerprint density at radius 2 is 1.87 bits per heavy atom. The van der Waals surface area contributed by atoms with Gasteiger partial charge in [-0.3, -0.25) is 9.59 Å². The summed E-state index contributed by atoms with van der Waals surface area (Å²) in [5.41, 5.74) is 1.33. The number of carbonyl (C=O) groups excluding carboxylic acids is 1. The van der Waals surface area contributed by atoms with Crippen LogP contribution in [0.15, 0.2) is 29.6 Å². The maximum Gasteiger partial charge on any atom is 0.306 e. The first kappa shape index (κ1) is 16.0. The number of thiazole rings is 1. The zero-order valence-corrected chi connectivity index (χ0v) is 13.8. The van der Waals surface area contributed by atoms with Crippen molar-refractivity contribution in [1.29, 1.82) is 0 Å². The molecule has 0 unspecified atom stereocenters. The van der Waals surface area contributed by atoms with Crippen molar-refractivity contribution in [3.63, 3.8) is 0 Å². The number of hydrogen-bond acceptors (Lipinski definition) is 4. The molecule has 1 aliphatic rings. The molecule has 0 aliphatic carbocycles. The van der Waals surface area contributed by atoms with Gasteiger partial charge in [0.05, 0.1) is 5.92 Å². The van der Waals surface area contributed by atoms with Crippen LogP contribution in [0.2, 0.25) is 5.02 Å². The highest BCUT2D eigenvalue weighted by Gasteiger charge is 2.28. The van der Waals surface area contributed by atoms with Crippen LogP contribution in [0.4, 0.5) is 0 Å². The van der Waals surface area contributed by atoms with E-state index in [1.54, 1.807) is 22.4 Å². The van der Waals surface area contributed by atoms with Crippen molar-refractivity contribution in [3.05, 3.63) is 40.4 Å². The molecule has 0 bridgehead atoms. The molecule has 120 valence electrons. The molecular formula is C16H15ClN2O3S. The summed E-state index contributed by atoms with van der Waals surface area (Å²) in [4.78, 5) is 29.5. The Hall–Kier alpha value is -1.92. The summed E-state index contributed by atoms with van der Waals surface area (Å²) in [6.45, 7) is 0.924. The van der Waals surface area contributed by atoms with E-state index in [0.717, 1.165) is 10.6 Å². The van der Waals surface area contributed by atoms with Crippen molar-refractivity contribution in [3.8, 4) is 10.6 Å². The first-order valence-electron chi connectivity index (χ1n) is 7.28. The summed E-state index contributed by atoms with van der Waals surface area (Å²) in [7, 11) is 0. The number of benzene rings is 1. The fraction of sp³-hybridized carbons (Fsp3) is 0.312. The smallest absolute Gasteiger partial charge is 0.306 e. The minimum atomic E-state index is -0.782. The van der Waals surface area contributed by atoms with Crippen molar-refractivity contribution in [2.24, 2.45) is 5.92 Å². The minimum Gasteiger partial charge on any atom is -0.481 e. The van der Waals surface area contributed by atoms with E-state index in [4.69, 9.17) is 16.7 Å².